The minimum Gasteiger partial charge on any atom is -0.478 e. The van der Waals surface area contributed by atoms with Gasteiger partial charge in [-0.25, -0.2) is 4.79 Å². The van der Waals surface area contributed by atoms with Gasteiger partial charge in [-0.2, -0.15) is 0 Å². The van der Waals surface area contributed by atoms with Crippen LogP contribution < -0.4 is 5.43 Å². The van der Waals surface area contributed by atoms with Crippen molar-refractivity contribution in [1.82, 2.24) is 4.98 Å². The molecule has 2 N–H and O–H groups in total. The van der Waals surface area contributed by atoms with Gasteiger partial charge in [0.05, 0.1) is 16.8 Å². The number of halogens is 1. The maximum atomic E-state index is 12.2. The number of para-hydroxylation sites is 1. The van der Waals surface area contributed by atoms with E-state index in [0.29, 0.717) is 27.2 Å². The Morgan fingerprint density at radius 1 is 1.10 bits per heavy atom. The van der Waals surface area contributed by atoms with Gasteiger partial charge in [0.1, 0.15) is 0 Å². The molecule has 1 heterocycles. The molecule has 5 heteroatoms. The fourth-order valence-corrected chi connectivity index (χ4v) is 2.51. The number of carboxylic acids is 1. The number of aromatic amines is 1. The predicted molar refractivity (Wildman–Crippen MR) is 82.0 cm³/mol. The van der Waals surface area contributed by atoms with Crippen molar-refractivity contribution in [3.63, 3.8) is 0 Å². The van der Waals surface area contributed by atoms with Crippen LogP contribution in [-0.4, -0.2) is 16.1 Å². The molecule has 0 radical (unpaired) electrons. The number of H-pyrrole nitrogens is 1. The third-order valence-corrected chi connectivity index (χ3v) is 3.59. The van der Waals surface area contributed by atoms with E-state index in [1.165, 1.54) is 12.1 Å². The number of carboxylic acid groups (broad SMARTS) is 1. The second kappa shape index (κ2) is 5.07. The van der Waals surface area contributed by atoms with Gasteiger partial charge in [0.2, 0.25) is 0 Å². The number of hydrogen-bond donors (Lipinski definition) is 2. The molecular weight excluding hydrogens is 290 g/mol. The molecule has 0 unspecified atom stereocenters. The summed E-state index contributed by atoms with van der Waals surface area (Å²) in [6, 6.07) is 13.1. The van der Waals surface area contributed by atoms with Crippen molar-refractivity contribution < 1.29 is 9.90 Å². The first-order valence-corrected chi connectivity index (χ1v) is 6.60. The summed E-state index contributed by atoms with van der Waals surface area (Å²) in [5.74, 6) is -1.09. The number of benzene rings is 2. The van der Waals surface area contributed by atoms with E-state index in [-0.39, 0.29) is 11.0 Å². The Bertz CT molecular complexity index is 915. The van der Waals surface area contributed by atoms with Crippen molar-refractivity contribution in [2.75, 3.05) is 0 Å². The van der Waals surface area contributed by atoms with Gasteiger partial charge in [-0.1, -0.05) is 35.9 Å². The largest absolute Gasteiger partial charge is 0.478 e. The number of hydrogen-bond acceptors (Lipinski definition) is 2. The standard InChI is InChI=1S/C16H10ClNO3/c17-12-7-2-1-4-9(12)13-8-14(19)10-5-3-6-11(16(20)21)15(10)18-13/h1-8H,(H,18,19)(H,20,21). The van der Waals surface area contributed by atoms with Crippen LogP contribution in [0.3, 0.4) is 0 Å². The number of carbonyl (C=O) groups is 1. The molecule has 2 aromatic carbocycles. The van der Waals surface area contributed by atoms with Crippen LogP contribution in [-0.2, 0) is 0 Å². The summed E-state index contributed by atoms with van der Waals surface area (Å²) in [6.45, 7) is 0. The molecule has 0 bridgehead atoms. The van der Waals surface area contributed by atoms with Crippen LogP contribution in [0.4, 0.5) is 0 Å². The highest BCUT2D eigenvalue weighted by Crippen LogP contribution is 2.27. The van der Waals surface area contributed by atoms with Crippen LogP contribution in [0.5, 0.6) is 0 Å². The lowest BCUT2D eigenvalue weighted by Gasteiger charge is -2.08. The molecule has 0 aliphatic heterocycles. The van der Waals surface area contributed by atoms with E-state index in [9.17, 15) is 14.7 Å². The number of aromatic nitrogens is 1. The highest BCUT2D eigenvalue weighted by Gasteiger charge is 2.13. The van der Waals surface area contributed by atoms with Crippen LogP contribution >= 0.6 is 11.6 Å². The summed E-state index contributed by atoms with van der Waals surface area (Å²) in [5, 5.41) is 10.1. The summed E-state index contributed by atoms with van der Waals surface area (Å²) < 4.78 is 0. The highest BCUT2D eigenvalue weighted by atomic mass is 35.5. The third kappa shape index (κ3) is 2.30. The quantitative estimate of drug-likeness (QED) is 0.760. The Labute approximate surface area is 124 Å². The molecule has 0 saturated heterocycles. The molecule has 0 fully saturated rings. The van der Waals surface area contributed by atoms with Gasteiger partial charge < -0.3 is 10.1 Å². The number of aromatic carboxylic acids is 1. The first kappa shape index (κ1) is 13.4. The topological polar surface area (TPSA) is 70.2 Å². The van der Waals surface area contributed by atoms with Crippen LogP contribution in [0, 0.1) is 0 Å². The minimum atomic E-state index is -1.09. The van der Waals surface area contributed by atoms with Gasteiger partial charge in [0, 0.05) is 22.0 Å². The molecule has 0 aliphatic rings. The molecule has 104 valence electrons. The van der Waals surface area contributed by atoms with E-state index in [1.807, 2.05) is 0 Å². The van der Waals surface area contributed by atoms with Crippen molar-refractivity contribution >= 4 is 28.5 Å². The summed E-state index contributed by atoms with van der Waals surface area (Å²) in [6.07, 6.45) is 0. The van der Waals surface area contributed by atoms with Gasteiger partial charge in [-0.3, -0.25) is 4.79 Å². The van der Waals surface area contributed by atoms with E-state index in [4.69, 9.17) is 11.6 Å². The number of pyridine rings is 1. The zero-order chi connectivity index (χ0) is 15.0. The van der Waals surface area contributed by atoms with Gasteiger partial charge in [-0.05, 0) is 18.2 Å². The molecule has 0 saturated carbocycles. The third-order valence-electron chi connectivity index (χ3n) is 3.26. The van der Waals surface area contributed by atoms with E-state index in [2.05, 4.69) is 4.98 Å². The maximum absolute atomic E-state index is 12.2. The Morgan fingerprint density at radius 3 is 2.57 bits per heavy atom. The molecule has 0 spiro atoms. The monoisotopic (exact) mass is 299 g/mol. The first-order valence-electron chi connectivity index (χ1n) is 6.22. The second-order valence-corrected chi connectivity index (χ2v) is 4.97. The van der Waals surface area contributed by atoms with Crippen LogP contribution in [0.25, 0.3) is 22.2 Å². The van der Waals surface area contributed by atoms with E-state index < -0.39 is 5.97 Å². The number of rotatable bonds is 2. The van der Waals surface area contributed by atoms with Crippen molar-refractivity contribution in [3.8, 4) is 11.3 Å². The normalized spacial score (nSPS) is 10.7. The fourth-order valence-electron chi connectivity index (χ4n) is 2.27. The molecule has 0 amide bonds. The Morgan fingerprint density at radius 2 is 1.86 bits per heavy atom. The molecule has 1 aromatic heterocycles. The number of fused-ring (bicyclic) bond motifs is 1. The molecule has 3 rings (SSSR count). The van der Waals surface area contributed by atoms with Gasteiger partial charge >= 0.3 is 5.97 Å². The van der Waals surface area contributed by atoms with Crippen molar-refractivity contribution in [2.24, 2.45) is 0 Å². The highest BCUT2D eigenvalue weighted by molar-refractivity contribution is 6.33. The van der Waals surface area contributed by atoms with Crippen molar-refractivity contribution in [2.45, 2.75) is 0 Å². The van der Waals surface area contributed by atoms with E-state index in [1.54, 1.807) is 36.4 Å². The van der Waals surface area contributed by atoms with E-state index in [0.717, 1.165) is 0 Å². The summed E-state index contributed by atoms with van der Waals surface area (Å²) in [4.78, 5) is 26.5. The average Bonchev–Trinajstić information content (AvgIpc) is 2.47. The van der Waals surface area contributed by atoms with Crippen LogP contribution in [0.15, 0.2) is 53.3 Å². The van der Waals surface area contributed by atoms with Gasteiger partial charge in [0.25, 0.3) is 0 Å². The van der Waals surface area contributed by atoms with Gasteiger partial charge in [-0.15, -0.1) is 0 Å². The first-order chi connectivity index (χ1) is 10.1. The lowest BCUT2D eigenvalue weighted by Crippen LogP contribution is -2.07. The maximum Gasteiger partial charge on any atom is 0.337 e. The fraction of sp³-hybridized carbons (Fsp3) is 0. The van der Waals surface area contributed by atoms with Crippen molar-refractivity contribution in [3.05, 3.63) is 69.3 Å². The second-order valence-electron chi connectivity index (χ2n) is 4.56. The smallest absolute Gasteiger partial charge is 0.337 e. The lowest BCUT2D eigenvalue weighted by atomic mass is 10.1. The average molecular weight is 300 g/mol. The van der Waals surface area contributed by atoms with E-state index >= 15 is 0 Å². The zero-order valence-electron chi connectivity index (χ0n) is 10.8. The summed E-state index contributed by atoms with van der Waals surface area (Å²) in [7, 11) is 0. The Balaban J connectivity index is 2.38. The molecule has 21 heavy (non-hydrogen) atoms. The van der Waals surface area contributed by atoms with Crippen LogP contribution in [0.2, 0.25) is 5.02 Å². The molecular formula is C16H10ClNO3. The SMILES string of the molecule is O=C(O)c1cccc2c(=O)cc(-c3ccccc3Cl)[nH]c12. The number of nitrogens with one attached hydrogen (secondary N) is 1. The summed E-state index contributed by atoms with van der Waals surface area (Å²) in [5.41, 5.74) is 1.25. The predicted octanol–water partition coefficient (Wildman–Crippen LogP) is 3.55. The molecule has 4 nitrogen and oxygen atoms in total. The Kier molecular flexibility index (Phi) is 3.23. The van der Waals surface area contributed by atoms with Crippen LogP contribution in [0.1, 0.15) is 10.4 Å². The molecule has 0 aliphatic carbocycles. The lowest BCUT2D eigenvalue weighted by molar-refractivity contribution is 0.0699. The molecule has 0 atom stereocenters. The van der Waals surface area contributed by atoms with Gasteiger partial charge in [0.15, 0.2) is 5.43 Å². The minimum absolute atomic E-state index is 0.0542. The van der Waals surface area contributed by atoms with Crippen molar-refractivity contribution in [1.29, 1.82) is 0 Å². The molecule has 3 aromatic rings. The summed E-state index contributed by atoms with van der Waals surface area (Å²) >= 11 is 6.13. The zero-order valence-corrected chi connectivity index (χ0v) is 11.5. The Hall–Kier alpha value is -2.59.